The third-order valence-corrected chi connectivity index (χ3v) is 3.63. The maximum Gasteiger partial charge on any atom is 0.0476 e. The maximum absolute atomic E-state index is 4.09. The first-order chi connectivity index (χ1) is 8.27. The molecule has 0 fully saturated rings. The van der Waals surface area contributed by atoms with Crippen LogP contribution < -0.4 is 4.90 Å². The predicted molar refractivity (Wildman–Crippen MR) is 70.9 cm³/mol. The molecule has 1 aliphatic heterocycles. The summed E-state index contributed by atoms with van der Waals surface area (Å²) in [4.78, 5) is 6.49. The summed E-state index contributed by atoms with van der Waals surface area (Å²) in [7, 11) is 0. The van der Waals surface area contributed by atoms with Crippen molar-refractivity contribution in [2.24, 2.45) is 0 Å². The van der Waals surface area contributed by atoms with Gasteiger partial charge in [0.05, 0.1) is 0 Å². The minimum Gasteiger partial charge on any atom is -0.341 e. The molecule has 0 spiro atoms. The van der Waals surface area contributed by atoms with Crippen molar-refractivity contribution in [3.63, 3.8) is 0 Å². The second kappa shape index (κ2) is 3.88. The molecule has 1 aliphatic rings. The zero-order valence-corrected chi connectivity index (χ0v) is 10.3. The maximum atomic E-state index is 4.09. The lowest BCUT2D eigenvalue weighted by atomic mass is 10.0. The van der Waals surface area contributed by atoms with Gasteiger partial charge >= 0.3 is 0 Å². The van der Waals surface area contributed by atoms with Crippen molar-refractivity contribution in [3.8, 4) is 0 Å². The Balaban J connectivity index is 2.13. The molecule has 1 aromatic carbocycles. The average Bonchev–Trinajstić information content (AvgIpc) is 2.79. The van der Waals surface area contributed by atoms with E-state index < -0.39 is 0 Å². The molecule has 0 aliphatic carbocycles. The Morgan fingerprint density at radius 3 is 2.59 bits per heavy atom. The summed E-state index contributed by atoms with van der Waals surface area (Å²) < 4.78 is 0. The number of aryl methyl sites for hydroxylation is 1. The van der Waals surface area contributed by atoms with Crippen LogP contribution in [-0.4, -0.2) is 11.5 Å². The van der Waals surface area contributed by atoms with E-state index in [1.807, 2.05) is 12.4 Å². The van der Waals surface area contributed by atoms with Gasteiger partial charge in [0, 0.05) is 30.3 Å². The van der Waals surface area contributed by atoms with Crippen LogP contribution >= 0.6 is 0 Å². The van der Waals surface area contributed by atoms with E-state index in [1.54, 1.807) is 0 Å². The van der Waals surface area contributed by atoms with Gasteiger partial charge < -0.3 is 4.90 Å². The van der Waals surface area contributed by atoms with Gasteiger partial charge in [-0.05, 0) is 49.1 Å². The van der Waals surface area contributed by atoms with Crippen LogP contribution in [0.15, 0.2) is 36.7 Å². The third-order valence-electron chi connectivity index (χ3n) is 3.63. The molecule has 0 amide bonds. The van der Waals surface area contributed by atoms with Crippen molar-refractivity contribution in [1.29, 1.82) is 0 Å². The molecule has 0 N–H and O–H groups in total. The van der Waals surface area contributed by atoms with E-state index in [0.29, 0.717) is 0 Å². The molecule has 2 aromatic rings. The van der Waals surface area contributed by atoms with Crippen LogP contribution in [0.5, 0.6) is 0 Å². The van der Waals surface area contributed by atoms with Crippen LogP contribution in [0.4, 0.5) is 11.4 Å². The van der Waals surface area contributed by atoms with Gasteiger partial charge in [0.25, 0.3) is 0 Å². The van der Waals surface area contributed by atoms with Crippen molar-refractivity contribution in [1.82, 2.24) is 4.98 Å². The molecule has 0 saturated carbocycles. The summed E-state index contributed by atoms with van der Waals surface area (Å²) in [5, 5.41) is 0. The SMILES string of the molecule is Cc1ccc2c(c1C)N(c1ccncc1)CC2. The standard InChI is InChI=1S/C15H16N2/c1-11-3-4-13-7-10-17(15(13)12(11)2)14-5-8-16-9-6-14/h3-6,8-9H,7,10H2,1-2H3. The number of hydrogen-bond donors (Lipinski definition) is 0. The molecule has 1 aromatic heterocycles. The highest BCUT2D eigenvalue weighted by Gasteiger charge is 2.22. The Labute approximate surface area is 102 Å². The second-order valence-electron chi connectivity index (χ2n) is 4.62. The van der Waals surface area contributed by atoms with Crippen LogP contribution in [-0.2, 0) is 6.42 Å². The second-order valence-corrected chi connectivity index (χ2v) is 4.62. The monoisotopic (exact) mass is 224 g/mol. The van der Waals surface area contributed by atoms with Crippen molar-refractivity contribution in [2.45, 2.75) is 20.3 Å². The Hall–Kier alpha value is -1.83. The number of aromatic nitrogens is 1. The zero-order chi connectivity index (χ0) is 11.8. The Morgan fingerprint density at radius 1 is 1.06 bits per heavy atom. The van der Waals surface area contributed by atoms with Gasteiger partial charge in [0.15, 0.2) is 0 Å². The third kappa shape index (κ3) is 1.60. The van der Waals surface area contributed by atoms with Gasteiger partial charge in [-0.2, -0.15) is 0 Å². The first-order valence-corrected chi connectivity index (χ1v) is 6.04. The van der Waals surface area contributed by atoms with Crippen molar-refractivity contribution in [3.05, 3.63) is 53.3 Å². The highest BCUT2D eigenvalue weighted by molar-refractivity contribution is 5.73. The van der Waals surface area contributed by atoms with Crippen LogP contribution in [0.25, 0.3) is 0 Å². The molecule has 2 heterocycles. The molecule has 0 atom stereocenters. The number of pyridine rings is 1. The fraction of sp³-hybridized carbons (Fsp3) is 0.267. The largest absolute Gasteiger partial charge is 0.341 e. The zero-order valence-electron chi connectivity index (χ0n) is 10.3. The van der Waals surface area contributed by atoms with Crippen molar-refractivity contribution >= 4 is 11.4 Å². The average molecular weight is 224 g/mol. The highest BCUT2D eigenvalue weighted by Crippen LogP contribution is 2.37. The molecule has 3 rings (SSSR count). The number of nitrogens with zero attached hydrogens (tertiary/aromatic N) is 2. The summed E-state index contributed by atoms with van der Waals surface area (Å²) in [5.41, 5.74) is 6.87. The van der Waals surface area contributed by atoms with Crippen LogP contribution in [0.3, 0.4) is 0 Å². The van der Waals surface area contributed by atoms with E-state index >= 15 is 0 Å². The topological polar surface area (TPSA) is 16.1 Å². The summed E-state index contributed by atoms with van der Waals surface area (Å²) in [6.45, 7) is 5.47. The van der Waals surface area contributed by atoms with Gasteiger partial charge in [-0.15, -0.1) is 0 Å². The molecule has 2 nitrogen and oxygen atoms in total. The Bertz CT molecular complexity index is 546. The van der Waals surface area contributed by atoms with Gasteiger partial charge in [0.2, 0.25) is 0 Å². The highest BCUT2D eigenvalue weighted by atomic mass is 15.2. The fourth-order valence-electron chi connectivity index (χ4n) is 2.56. The van der Waals surface area contributed by atoms with Gasteiger partial charge in [0.1, 0.15) is 0 Å². The normalized spacial score (nSPS) is 13.9. The predicted octanol–water partition coefficient (Wildman–Crippen LogP) is 3.39. The van der Waals surface area contributed by atoms with Crippen LogP contribution in [0.1, 0.15) is 16.7 Å². The quantitative estimate of drug-likeness (QED) is 0.738. The number of hydrogen-bond acceptors (Lipinski definition) is 2. The molecule has 0 saturated heterocycles. The van der Waals surface area contributed by atoms with Crippen molar-refractivity contribution in [2.75, 3.05) is 11.4 Å². The Morgan fingerprint density at radius 2 is 1.82 bits per heavy atom. The van der Waals surface area contributed by atoms with E-state index in [2.05, 4.69) is 48.0 Å². The van der Waals surface area contributed by atoms with Gasteiger partial charge in [-0.3, -0.25) is 4.98 Å². The molecule has 0 radical (unpaired) electrons. The lowest BCUT2D eigenvalue weighted by Crippen LogP contribution is -2.14. The van der Waals surface area contributed by atoms with E-state index in [-0.39, 0.29) is 0 Å². The van der Waals surface area contributed by atoms with Gasteiger partial charge in [-0.1, -0.05) is 12.1 Å². The molecule has 2 heteroatoms. The summed E-state index contributed by atoms with van der Waals surface area (Å²) in [5.74, 6) is 0. The first kappa shape index (κ1) is 10.3. The summed E-state index contributed by atoms with van der Waals surface area (Å²) in [6.07, 6.45) is 4.86. The number of fused-ring (bicyclic) bond motifs is 1. The smallest absolute Gasteiger partial charge is 0.0476 e. The number of rotatable bonds is 1. The van der Waals surface area contributed by atoms with Gasteiger partial charge in [-0.25, -0.2) is 0 Å². The first-order valence-electron chi connectivity index (χ1n) is 6.04. The molecule has 17 heavy (non-hydrogen) atoms. The minimum atomic E-state index is 1.07. The fourth-order valence-corrected chi connectivity index (χ4v) is 2.56. The molecular weight excluding hydrogens is 208 g/mol. The number of anilines is 2. The number of benzene rings is 1. The minimum absolute atomic E-state index is 1.07. The van der Waals surface area contributed by atoms with E-state index in [1.165, 1.54) is 28.1 Å². The molecule has 0 unspecified atom stereocenters. The van der Waals surface area contributed by atoms with Crippen LogP contribution in [0, 0.1) is 13.8 Å². The van der Waals surface area contributed by atoms with E-state index in [0.717, 1.165) is 13.0 Å². The molecular formula is C15H16N2. The summed E-state index contributed by atoms with van der Waals surface area (Å²) >= 11 is 0. The summed E-state index contributed by atoms with van der Waals surface area (Å²) in [6, 6.07) is 8.65. The molecule has 0 bridgehead atoms. The lowest BCUT2D eigenvalue weighted by Gasteiger charge is -2.22. The van der Waals surface area contributed by atoms with E-state index in [4.69, 9.17) is 0 Å². The van der Waals surface area contributed by atoms with Crippen LogP contribution in [0.2, 0.25) is 0 Å². The molecule has 86 valence electrons. The van der Waals surface area contributed by atoms with Crippen molar-refractivity contribution < 1.29 is 0 Å². The van der Waals surface area contributed by atoms with E-state index in [9.17, 15) is 0 Å². The lowest BCUT2D eigenvalue weighted by molar-refractivity contribution is 0.994. The Kier molecular flexibility index (Phi) is 2.36.